The van der Waals surface area contributed by atoms with Gasteiger partial charge in [0.25, 0.3) is 0 Å². The summed E-state index contributed by atoms with van der Waals surface area (Å²) in [6.07, 6.45) is 8.41. The monoisotopic (exact) mass is 380 g/mol. The van der Waals surface area contributed by atoms with Crippen LogP contribution >= 0.6 is 0 Å². The summed E-state index contributed by atoms with van der Waals surface area (Å²) in [6, 6.07) is 10.5. The van der Waals surface area contributed by atoms with Crippen LogP contribution in [-0.4, -0.2) is 71.4 Å². The molecule has 1 N–H and O–H groups in total. The number of benzene rings is 1. The summed E-state index contributed by atoms with van der Waals surface area (Å²) in [4.78, 5) is 9.67. The van der Waals surface area contributed by atoms with E-state index < -0.39 is 0 Å². The van der Waals surface area contributed by atoms with Crippen molar-refractivity contribution >= 4 is 12.0 Å². The minimum absolute atomic E-state index is 0.740. The summed E-state index contributed by atoms with van der Waals surface area (Å²) in [5, 5.41) is 7.77. The molecule has 0 saturated carbocycles. The summed E-state index contributed by atoms with van der Waals surface area (Å²) in [5.74, 6) is 1.02. The quantitative estimate of drug-likeness (QED) is 0.592. The van der Waals surface area contributed by atoms with Gasteiger partial charge in [-0.1, -0.05) is 42.5 Å². The fourth-order valence-corrected chi connectivity index (χ4v) is 3.32. The van der Waals surface area contributed by atoms with E-state index in [4.69, 9.17) is 4.99 Å². The molecule has 1 aliphatic rings. The number of piperazine rings is 1. The largest absolute Gasteiger partial charge is 0.357 e. The highest BCUT2D eigenvalue weighted by molar-refractivity contribution is 5.80. The van der Waals surface area contributed by atoms with E-state index >= 15 is 0 Å². The Morgan fingerprint density at radius 3 is 2.64 bits per heavy atom. The molecule has 0 amide bonds. The zero-order valence-corrected chi connectivity index (χ0v) is 17.1. The lowest BCUT2D eigenvalue weighted by Gasteiger charge is -2.36. The Bertz CT molecular complexity index is 756. The maximum atomic E-state index is 4.81. The Kier molecular flexibility index (Phi) is 7.67. The molecule has 1 aromatic heterocycles. The smallest absolute Gasteiger partial charge is 0.194 e. The normalized spacial score (nSPS) is 16.1. The van der Waals surface area contributed by atoms with E-state index in [0.29, 0.717) is 0 Å². The molecule has 2 aromatic rings. The van der Waals surface area contributed by atoms with Crippen LogP contribution in [0.2, 0.25) is 0 Å². The maximum Gasteiger partial charge on any atom is 0.194 e. The first-order valence-corrected chi connectivity index (χ1v) is 10.2. The van der Waals surface area contributed by atoms with Gasteiger partial charge < -0.3 is 10.2 Å². The summed E-state index contributed by atoms with van der Waals surface area (Å²) in [6.45, 7) is 11.7. The maximum absolute atomic E-state index is 4.81. The topological polar surface area (TPSA) is 48.7 Å². The Hall–Kier alpha value is -2.60. The number of aliphatic imine (C=N–C) groups is 1. The van der Waals surface area contributed by atoms with Crippen LogP contribution in [0.5, 0.6) is 0 Å². The molecule has 2 heterocycles. The van der Waals surface area contributed by atoms with Gasteiger partial charge in [0.05, 0.1) is 19.3 Å². The van der Waals surface area contributed by atoms with Crippen molar-refractivity contribution in [1.82, 2.24) is 24.9 Å². The van der Waals surface area contributed by atoms with Gasteiger partial charge in [0.15, 0.2) is 5.96 Å². The molecule has 0 unspecified atom stereocenters. The third-order valence-corrected chi connectivity index (χ3v) is 4.83. The van der Waals surface area contributed by atoms with Gasteiger partial charge in [0, 0.05) is 45.5 Å². The molecule has 0 aliphatic carbocycles. The summed E-state index contributed by atoms with van der Waals surface area (Å²) in [7, 11) is 0. The van der Waals surface area contributed by atoms with Crippen molar-refractivity contribution in [3.8, 4) is 0 Å². The van der Waals surface area contributed by atoms with E-state index in [1.807, 2.05) is 10.9 Å². The highest BCUT2D eigenvalue weighted by Gasteiger charge is 2.18. The molecule has 28 heavy (non-hydrogen) atoms. The van der Waals surface area contributed by atoms with Crippen molar-refractivity contribution in [1.29, 1.82) is 0 Å². The van der Waals surface area contributed by atoms with Gasteiger partial charge in [0.1, 0.15) is 0 Å². The molecule has 3 rings (SSSR count). The number of rotatable bonds is 7. The number of aryl methyl sites for hydroxylation is 1. The molecule has 0 bridgehead atoms. The predicted molar refractivity (Wildman–Crippen MR) is 116 cm³/mol. The fraction of sp³-hybridized carbons (Fsp3) is 0.455. The summed E-state index contributed by atoms with van der Waals surface area (Å²) < 4.78 is 1.96. The Morgan fingerprint density at radius 1 is 1.18 bits per heavy atom. The van der Waals surface area contributed by atoms with Crippen molar-refractivity contribution in [2.75, 3.05) is 45.8 Å². The van der Waals surface area contributed by atoms with Crippen LogP contribution in [0.25, 0.3) is 6.08 Å². The van der Waals surface area contributed by atoms with E-state index in [1.165, 1.54) is 11.1 Å². The zero-order valence-electron chi connectivity index (χ0n) is 17.1. The van der Waals surface area contributed by atoms with Crippen LogP contribution < -0.4 is 5.32 Å². The van der Waals surface area contributed by atoms with Crippen LogP contribution in [0.15, 0.2) is 53.8 Å². The van der Waals surface area contributed by atoms with E-state index in [2.05, 4.69) is 82.7 Å². The Labute approximate surface area is 168 Å². The number of hydrogen-bond donors (Lipinski definition) is 1. The third-order valence-electron chi connectivity index (χ3n) is 4.83. The molecule has 0 spiro atoms. The van der Waals surface area contributed by atoms with Crippen LogP contribution in [0, 0.1) is 6.92 Å². The second kappa shape index (κ2) is 10.7. The molecule has 150 valence electrons. The SMILES string of the molecule is CCNC(=NCCn1cc(C)cn1)N1CCN(C/C=C/c2ccccc2)CC1. The zero-order chi connectivity index (χ0) is 19.6. The van der Waals surface area contributed by atoms with Crippen molar-refractivity contribution in [2.24, 2.45) is 4.99 Å². The highest BCUT2D eigenvalue weighted by Crippen LogP contribution is 2.05. The van der Waals surface area contributed by atoms with Gasteiger partial charge in [-0.05, 0) is 25.0 Å². The lowest BCUT2D eigenvalue weighted by atomic mass is 10.2. The minimum atomic E-state index is 0.740. The molecule has 0 radical (unpaired) electrons. The molecule has 1 aliphatic heterocycles. The predicted octanol–water partition coefficient (Wildman–Crippen LogP) is 2.49. The van der Waals surface area contributed by atoms with E-state index in [1.54, 1.807) is 0 Å². The average Bonchev–Trinajstić information content (AvgIpc) is 3.14. The first-order chi connectivity index (χ1) is 13.7. The average molecular weight is 381 g/mol. The van der Waals surface area contributed by atoms with Crippen LogP contribution in [0.1, 0.15) is 18.1 Å². The van der Waals surface area contributed by atoms with Gasteiger partial charge >= 0.3 is 0 Å². The number of guanidine groups is 1. The number of aromatic nitrogens is 2. The second-order valence-electron chi connectivity index (χ2n) is 7.12. The van der Waals surface area contributed by atoms with Gasteiger partial charge in [-0.2, -0.15) is 5.10 Å². The lowest BCUT2D eigenvalue weighted by Crippen LogP contribution is -2.52. The molecular formula is C22H32N6. The van der Waals surface area contributed by atoms with Crippen molar-refractivity contribution < 1.29 is 0 Å². The van der Waals surface area contributed by atoms with Crippen LogP contribution in [0.4, 0.5) is 0 Å². The lowest BCUT2D eigenvalue weighted by molar-refractivity contribution is 0.194. The van der Waals surface area contributed by atoms with Crippen molar-refractivity contribution in [3.63, 3.8) is 0 Å². The molecule has 0 atom stereocenters. The molecular weight excluding hydrogens is 348 g/mol. The number of hydrogen-bond acceptors (Lipinski definition) is 3. The van der Waals surface area contributed by atoms with E-state index in [0.717, 1.165) is 58.3 Å². The molecule has 1 saturated heterocycles. The summed E-state index contributed by atoms with van der Waals surface area (Å²) >= 11 is 0. The van der Waals surface area contributed by atoms with Gasteiger partial charge in [0.2, 0.25) is 0 Å². The summed E-state index contributed by atoms with van der Waals surface area (Å²) in [5.41, 5.74) is 2.45. The molecule has 6 heteroatoms. The van der Waals surface area contributed by atoms with Crippen molar-refractivity contribution in [3.05, 3.63) is 59.9 Å². The van der Waals surface area contributed by atoms with Gasteiger partial charge in [-0.3, -0.25) is 14.6 Å². The molecule has 1 aromatic carbocycles. The van der Waals surface area contributed by atoms with Crippen LogP contribution in [-0.2, 0) is 6.54 Å². The minimum Gasteiger partial charge on any atom is -0.357 e. The van der Waals surface area contributed by atoms with E-state index in [9.17, 15) is 0 Å². The van der Waals surface area contributed by atoms with Crippen LogP contribution in [0.3, 0.4) is 0 Å². The van der Waals surface area contributed by atoms with E-state index in [-0.39, 0.29) is 0 Å². The Balaban J connectivity index is 1.45. The van der Waals surface area contributed by atoms with Gasteiger partial charge in [-0.25, -0.2) is 0 Å². The van der Waals surface area contributed by atoms with Crippen molar-refractivity contribution in [2.45, 2.75) is 20.4 Å². The number of nitrogens with one attached hydrogen (secondary N) is 1. The first kappa shape index (κ1) is 20.1. The van der Waals surface area contributed by atoms with Gasteiger partial charge in [-0.15, -0.1) is 0 Å². The Morgan fingerprint density at radius 2 is 1.96 bits per heavy atom. The third kappa shape index (κ3) is 6.23. The second-order valence-corrected chi connectivity index (χ2v) is 7.12. The molecule has 6 nitrogen and oxygen atoms in total. The first-order valence-electron chi connectivity index (χ1n) is 10.2. The highest BCUT2D eigenvalue weighted by atomic mass is 15.3. The fourth-order valence-electron chi connectivity index (χ4n) is 3.32. The molecule has 1 fully saturated rings. The standard InChI is InChI=1S/C22H32N6/c1-3-23-22(24-11-13-28-19-20(2)18-25-28)27-16-14-26(15-17-27)12-7-10-21-8-5-4-6-9-21/h4-10,18-19H,3,11-17H2,1-2H3,(H,23,24)/b10-7+. The number of nitrogens with zero attached hydrogens (tertiary/aromatic N) is 5.